The summed E-state index contributed by atoms with van der Waals surface area (Å²) in [7, 11) is 0. The molecule has 0 saturated heterocycles. The summed E-state index contributed by atoms with van der Waals surface area (Å²) in [6.07, 6.45) is 12.1. The van der Waals surface area contributed by atoms with Gasteiger partial charge in [0.2, 0.25) is 0 Å². The van der Waals surface area contributed by atoms with Crippen LogP contribution in [0.15, 0.2) is 36.4 Å². The summed E-state index contributed by atoms with van der Waals surface area (Å²) < 4.78 is 0. The number of benzene rings is 1. The molecular weight excluding hydrogens is 180 g/mol. The summed E-state index contributed by atoms with van der Waals surface area (Å²) in [6, 6.07) is 11.4. The maximum Gasteiger partial charge on any atom is -0.0181 e. The number of aryl methyl sites for hydroxylation is 1. The lowest BCUT2D eigenvalue weighted by Crippen LogP contribution is -1.84. The van der Waals surface area contributed by atoms with E-state index in [1.54, 1.807) is 0 Å². The molecule has 0 nitrogen and oxygen atoms in total. The first-order valence-corrected chi connectivity index (χ1v) is 6.03. The molecule has 0 heteroatoms. The smallest absolute Gasteiger partial charge is 0.0181 e. The van der Waals surface area contributed by atoms with Crippen molar-refractivity contribution in [3.8, 4) is 0 Å². The fraction of sp³-hybridized carbons (Fsp3) is 0.467. The van der Waals surface area contributed by atoms with Crippen LogP contribution in [0.25, 0.3) is 0 Å². The van der Waals surface area contributed by atoms with Gasteiger partial charge in [-0.2, -0.15) is 0 Å². The van der Waals surface area contributed by atoms with Crippen LogP contribution in [-0.2, 0) is 6.42 Å². The number of unbranched alkanes of at least 4 members (excludes halogenated alkanes) is 3. The largest absolute Gasteiger partial charge is 0.0885 e. The van der Waals surface area contributed by atoms with Gasteiger partial charge in [0.25, 0.3) is 0 Å². The highest BCUT2D eigenvalue weighted by Crippen LogP contribution is 2.06. The Morgan fingerprint density at radius 1 is 1.20 bits per heavy atom. The molecule has 0 aliphatic rings. The van der Waals surface area contributed by atoms with Crippen LogP contribution in [0.3, 0.4) is 0 Å². The zero-order valence-corrected chi connectivity index (χ0v) is 9.71. The fourth-order valence-corrected chi connectivity index (χ4v) is 1.58. The number of hydrogen-bond donors (Lipinski definition) is 0. The first kappa shape index (κ1) is 12.0. The van der Waals surface area contributed by atoms with Crippen molar-refractivity contribution in [1.82, 2.24) is 0 Å². The molecule has 81 valence electrons. The van der Waals surface area contributed by atoms with Gasteiger partial charge in [0, 0.05) is 0 Å². The first-order chi connectivity index (χ1) is 7.43. The Balaban J connectivity index is 2.02. The molecule has 1 radical (unpaired) electrons. The van der Waals surface area contributed by atoms with Crippen LogP contribution in [-0.4, -0.2) is 0 Å². The quantitative estimate of drug-likeness (QED) is 0.448. The van der Waals surface area contributed by atoms with Gasteiger partial charge in [0.1, 0.15) is 0 Å². The van der Waals surface area contributed by atoms with Crippen LogP contribution in [0.2, 0.25) is 0 Å². The average molecular weight is 201 g/mol. The molecule has 0 aliphatic heterocycles. The summed E-state index contributed by atoms with van der Waals surface area (Å²) in [6.45, 7) is 2.22. The van der Waals surface area contributed by atoms with Crippen LogP contribution in [0.1, 0.15) is 44.6 Å². The summed E-state index contributed by atoms with van der Waals surface area (Å²) in [5.41, 5.74) is 1.41. The SMILES string of the molecule is CCCC=CCCCCc1c[c]ccc1. The molecule has 0 spiro atoms. The predicted molar refractivity (Wildman–Crippen MR) is 66.9 cm³/mol. The molecule has 0 heterocycles. The lowest BCUT2D eigenvalue weighted by molar-refractivity contribution is 0.745. The molecule has 0 bridgehead atoms. The average Bonchev–Trinajstić information content (AvgIpc) is 2.29. The third-order valence-corrected chi connectivity index (χ3v) is 2.48. The lowest BCUT2D eigenvalue weighted by Gasteiger charge is -1.98. The highest BCUT2D eigenvalue weighted by atomic mass is 14.0. The first-order valence-electron chi connectivity index (χ1n) is 6.03. The van der Waals surface area contributed by atoms with Gasteiger partial charge in [-0.3, -0.25) is 0 Å². The maximum atomic E-state index is 3.12. The van der Waals surface area contributed by atoms with E-state index in [0.717, 1.165) is 0 Å². The van der Waals surface area contributed by atoms with E-state index in [2.05, 4.69) is 43.3 Å². The third-order valence-electron chi connectivity index (χ3n) is 2.48. The van der Waals surface area contributed by atoms with E-state index in [1.165, 1.54) is 44.1 Å². The third kappa shape index (κ3) is 6.11. The normalized spacial score (nSPS) is 11.0. The Kier molecular flexibility index (Phi) is 6.64. The Hall–Kier alpha value is -1.04. The minimum absolute atomic E-state index is 1.19. The van der Waals surface area contributed by atoms with Gasteiger partial charge in [-0.15, -0.1) is 0 Å². The van der Waals surface area contributed by atoms with Crippen LogP contribution < -0.4 is 0 Å². The Bertz CT molecular complexity index is 259. The Labute approximate surface area is 94.0 Å². The van der Waals surface area contributed by atoms with Crippen LogP contribution in [0.4, 0.5) is 0 Å². The second-order valence-corrected chi connectivity index (χ2v) is 3.92. The molecule has 1 rings (SSSR count). The molecule has 0 saturated carbocycles. The van der Waals surface area contributed by atoms with E-state index < -0.39 is 0 Å². The van der Waals surface area contributed by atoms with Crippen molar-refractivity contribution in [1.29, 1.82) is 0 Å². The van der Waals surface area contributed by atoms with Crippen LogP contribution >= 0.6 is 0 Å². The van der Waals surface area contributed by atoms with Gasteiger partial charge in [-0.05, 0) is 43.7 Å². The fourth-order valence-electron chi connectivity index (χ4n) is 1.58. The van der Waals surface area contributed by atoms with E-state index in [1.807, 2.05) is 6.07 Å². The molecule has 0 aromatic heterocycles. The van der Waals surface area contributed by atoms with E-state index in [0.29, 0.717) is 0 Å². The monoisotopic (exact) mass is 201 g/mol. The molecular formula is C15H21. The number of hydrogen-bond acceptors (Lipinski definition) is 0. The summed E-state index contributed by atoms with van der Waals surface area (Å²) in [5.74, 6) is 0. The highest BCUT2D eigenvalue weighted by Gasteiger charge is 1.90. The zero-order chi connectivity index (χ0) is 10.8. The van der Waals surface area contributed by atoms with Crippen molar-refractivity contribution in [2.45, 2.75) is 45.4 Å². The van der Waals surface area contributed by atoms with Crippen LogP contribution in [0.5, 0.6) is 0 Å². The summed E-state index contributed by atoms with van der Waals surface area (Å²) in [4.78, 5) is 0. The summed E-state index contributed by atoms with van der Waals surface area (Å²) in [5, 5.41) is 0. The summed E-state index contributed by atoms with van der Waals surface area (Å²) >= 11 is 0. The Morgan fingerprint density at radius 2 is 2.07 bits per heavy atom. The molecule has 0 N–H and O–H groups in total. The van der Waals surface area contributed by atoms with Crippen molar-refractivity contribution in [2.24, 2.45) is 0 Å². The highest BCUT2D eigenvalue weighted by molar-refractivity contribution is 5.13. The van der Waals surface area contributed by atoms with E-state index >= 15 is 0 Å². The molecule has 0 aliphatic carbocycles. The Morgan fingerprint density at radius 3 is 2.80 bits per heavy atom. The van der Waals surface area contributed by atoms with E-state index in [9.17, 15) is 0 Å². The number of rotatable bonds is 7. The van der Waals surface area contributed by atoms with Crippen molar-refractivity contribution in [3.05, 3.63) is 48.0 Å². The van der Waals surface area contributed by atoms with Gasteiger partial charge in [-0.1, -0.05) is 49.8 Å². The molecule has 1 aromatic carbocycles. The van der Waals surface area contributed by atoms with Crippen molar-refractivity contribution >= 4 is 0 Å². The second-order valence-electron chi connectivity index (χ2n) is 3.92. The topological polar surface area (TPSA) is 0 Å². The van der Waals surface area contributed by atoms with Crippen molar-refractivity contribution in [2.75, 3.05) is 0 Å². The standard InChI is InChI=1S/C15H21/c1-2-3-4-5-6-7-9-12-15-13-10-8-11-14-15/h4-5,8,10,13-14H,2-3,6-7,9,12H2,1H3. The maximum absolute atomic E-state index is 3.12. The molecule has 0 amide bonds. The predicted octanol–water partition coefficient (Wildman–Crippen LogP) is 4.56. The van der Waals surface area contributed by atoms with E-state index in [-0.39, 0.29) is 0 Å². The van der Waals surface area contributed by atoms with Gasteiger partial charge in [0.05, 0.1) is 0 Å². The molecule has 0 atom stereocenters. The molecule has 1 aromatic rings. The molecule has 0 unspecified atom stereocenters. The van der Waals surface area contributed by atoms with Gasteiger partial charge >= 0.3 is 0 Å². The minimum atomic E-state index is 1.19. The van der Waals surface area contributed by atoms with Gasteiger partial charge in [0.15, 0.2) is 0 Å². The molecule has 15 heavy (non-hydrogen) atoms. The second kappa shape index (κ2) is 8.28. The number of allylic oxidation sites excluding steroid dienone is 2. The van der Waals surface area contributed by atoms with Crippen LogP contribution in [0, 0.1) is 6.07 Å². The van der Waals surface area contributed by atoms with Gasteiger partial charge in [-0.25, -0.2) is 0 Å². The zero-order valence-electron chi connectivity index (χ0n) is 9.71. The lowest BCUT2D eigenvalue weighted by atomic mass is 10.1. The van der Waals surface area contributed by atoms with Gasteiger partial charge < -0.3 is 0 Å². The van der Waals surface area contributed by atoms with Crippen molar-refractivity contribution in [3.63, 3.8) is 0 Å². The van der Waals surface area contributed by atoms with Crippen molar-refractivity contribution < 1.29 is 0 Å². The molecule has 0 fully saturated rings. The van der Waals surface area contributed by atoms with E-state index in [4.69, 9.17) is 0 Å². The minimum Gasteiger partial charge on any atom is -0.0885 e.